The molecule has 7 heteroatoms. The van der Waals surface area contributed by atoms with Gasteiger partial charge in [-0.2, -0.15) is 0 Å². The molecule has 6 nitrogen and oxygen atoms in total. The first-order chi connectivity index (χ1) is 10.7. The van der Waals surface area contributed by atoms with E-state index in [2.05, 4.69) is 28.9 Å². The molecule has 130 valence electrons. The Morgan fingerprint density at radius 1 is 1.17 bits per heavy atom. The van der Waals surface area contributed by atoms with Crippen LogP contribution in [0.25, 0.3) is 0 Å². The average Bonchev–Trinajstić information content (AvgIpc) is 2.42. The topological polar surface area (TPSA) is 96.6 Å². The normalized spacial score (nSPS) is 12.9. The zero-order valence-electron chi connectivity index (χ0n) is 14.3. The largest absolute Gasteiger partial charge is 0.370 e. The van der Waals surface area contributed by atoms with Crippen molar-refractivity contribution in [1.82, 2.24) is 10.0 Å². The third kappa shape index (κ3) is 7.99. The number of hydrogen-bond donors (Lipinski definition) is 3. The number of hydrogen-bond acceptors (Lipinski definition) is 3. The van der Waals surface area contributed by atoms with Crippen LogP contribution >= 0.6 is 0 Å². The summed E-state index contributed by atoms with van der Waals surface area (Å²) in [5.74, 6) is 0.788. The van der Waals surface area contributed by atoms with Crippen molar-refractivity contribution in [3.05, 3.63) is 35.4 Å². The SMILES string of the molecule is CC(C)CNC(N)=NCc1ccccc1CS(=O)(=O)NC(C)C. The number of nitrogens with one attached hydrogen (secondary N) is 2. The highest BCUT2D eigenvalue weighted by atomic mass is 32.2. The lowest BCUT2D eigenvalue weighted by molar-refractivity contribution is 0.569. The first kappa shape index (κ1) is 19.4. The predicted octanol–water partition coefficient (Wildman–Crippen LogP) is 1.57. The molecule has 0 aliphatic rings. The Bertz CT molecular complexity index is 625. The molecular weight excluding hydrogens is 312 g/mol. The summed E-state index contributed by atoms with van der Waals surface area (Å²) >= 11 is 0. The number of aliphatic imine (C=N–C) groups is 1. The molecule has 0 amide bonds. The summed E-state index contributed by atoms with van der Waals surface area (Å²) in [6.45, 7) is 8.88. The molecule has 0 spiro atoms. The quantitative estimate of drug-likeness (QED) is 0.494. The summed E-state index contributed by atoms with van der Waals surface area (Å²) < 4.78 is 26.8. The fraction of sp³-hybridized carbons (Fsp3) is 0.562. The smallest absolute Gasteiger partial charge is 0.216 e. The zero-order chi connectivity index (χ0) is 17.5. The minimum atomic E-state index is -3.36. The number of rotatable bonds is 8. The summed E-state index contributed by atoms with van der Waals surface area (Å²) in [6, 6.07) is 7.25. The van der Waals surface area contributed by atoms with Crippen LogP contribution in [0.1, 0.15) is 38.8 Å². The van der Waals surface area contributed by atoms with E-state index in [1.54, 1.807) is 13.8 Å². The second-order valence-electron chi connectivity index (χ2n) is 6.28. The van der Waals surface area contributed by atoms with Gasteiger partial charge in [0.15, 0.2) is 5.96 Å². The molecule has 1 rings (SSSR count). The Kier molecular flexibility index (Phi) is 7.51. The van der Waals surface area contributed by atoms with Gasteiger partial charge in [0, 0.05) is 12.6 Å². The molecule has 0 aliphatic heterocycles. The van der Waals surface area contributed by atoms with Gasteiger partial charge in [-0.05, 0) is 30.9 Å². The maximum absolute atomic E-state index is 12.1. The molecule has 0 atom stereocenters. The van der Waals surface area contributed by atoms with Gasteiger partial charge in [-0.15, -0.1) is 0 Å². The van der Waals surface area contributed by atoms with Crippen molar-refractivity contribution in [3.63, 3.8) is 0 Å². The van der Waals surface area contributed by atoms with Gasteiger partial charge in [0.25, 0.3) is 0 Å². The third-order valence-corrected chi connectivity index (χ3v) is 4.51. The van der Waals surface area contributed by atoms with E-state index in [9.17, 15) is 8.42 Å². The summed E-state index contributed by atoms with van der Waals surface area (Å²) in [6.07, 6.45) is 0. The minimum Gasteiger partial charge on any atom is -0.370 e. The van der Waals surface area contributed by atoms with E-state index in [4.69, 9.17) is 5.73 Å². The second-order valence-corrected chi connectivity index (χ2v) is 8.03. The fourth-order valence-corrected chi connectivity index (χ4v) is 3.49. The van der Waals surface area contributed by atoms with Crippen molar-refractivity contribution in [2.75, 3.05) is 6.54 Å². The lowest BCUT2D eigenvalue weighted by atomic mass is 10.1. The van der Waals surface area contributed by atoms with Crippen LogP contribution in [0.15, 0.2) is 29.3 Å². The van der Waals surface area contributed by atoms with Crippen molar-refractivity contribution >= 4 is 16.0 Å². The summed E-state index contributed by atoms with van der Waals surface area (Å²) in [5, 5.41) is 3.04. The highest BCUT2D eigenvalue weighted by Crippen LogP contribution is 2.13. The molecule has 1 aromatic rings. The van der Waals surface area contributed by atoms with E-state index in [1.807, 2.05) is 24.3 Å². The summed E-state index contributed by atoms with van der Waals surface area (Å²) in [5.41, 5.74) is 7.42. The molecule has 0 aromatic heterocycles. The van der Waals surface area contributed by atoms with Crippen LogP contribution in [0.5, 0.6) is 0 Å². The van der Waals surface area contributed by atoms with Crippen LogP contribution < -0.4 is 15.8 Å². The Hall–Kier alpha value is -1.60. The van der Waals surface area contributed by atoms with Gasteiger partial charge in [0.05, 0.1) is 12.3 Å². The van der Waals surface area contributed by atoms with Gasteiger partial charge in [0.2, 0.25) is 10.0 Å². The Balaban J connectivity index is 2.80. The first-order valence-electron chi connectivity index (χ1n) is 7.80. The molecule has 4 N–H and O–H groups in total. The molecule has 0 heterocycles. The summed E-state index contributed by atoms with van der Waals surface area (Å²) in [7, 11) is -3.36. The van der Waals surface area contributed by atoms with Gasteiger partial charge in [-0.25, -0.2) is 18.1 Å². The number of sulfonamides is 1. The molecule has 1 aromatic carbocycles. The first-order valence-corrected chi connectivity index (χ1v) is 9.45. The average molecular weight is 340 g/mol. The van der Waals surface area contributed by atoms with E-state index in [0.29, 0.717) is 18.4 Å². The third-order valence-electron chi connectivity index (χ3n) is 2.99. The molecular formula is C16H28N4O2S. The zero-order valence-corrected chi connectivity index (χ0v) is 15.2. The molecule has 0 fully saturated rings. The fourth-order valence-electron chi connectivity index (χ4n) is 1.99. The van der Waals surface area contributed by atoms with Crippen molar-refractivity contribution in [2.24, 2.45) is 16.6 Å². The van der Waals surface area contributed by atoms with Crippen LogP contribution in [-0.4, -0.2) is 27.0 Å². The highest BCUT2D eigenvalue weighted by Gasteiger charge is 2.15. The monoisotopic (exact) mass is 340 g/mol. The lowest BCUT2D eigenvalue weighted by Crippen LogP contribution is -2.34. The van der Waals surface area contributed by atoms with Crippen molar-refractivity contribution in [2.45, 2.75) is 46.0 Å². The van der Waals surface area contributed by atoms with Gasteiger partial charge >= 0.3 is 0 Å². The Morgan fingerprint density at radius 3 is 2.35 bits per heavy atom. The molecule has 23 heavy (non-hydrogen) atoms. The lowest BCUT2D eigenvalue weighted by Gasteiger charge is -2.12. The Morgan fingerprint density at radius 2 is 1.78 bits per heavy atom. The Labute approximate surface area is 139 Å². The maximum atomic E-state index is 12.1. The van der Waals surface area contributed by atoms with E-state index in [1.165, 1.54) is 0 Å². The maximum Gasteiger partial charge on any atom is 0.216 e. The van der Waals surface area contributed by atoms with Gasteiger partial charge in [0.1, 0.15) is 0 Å². The molecule has 0 bridgehead atoms. The predicted molar refractivity (Wildman–Crippen MR) is 95.5 cm³/mol. The van der Waals surface area contributed by atoms with Gasteiger partial charge < -0.3 is 11.1 Å². The van der Waals surface area contributed by atoms with Crippen LogP contribution in [0.3, 0.4) is 0 Å². The van der Waals surface area contributed by atoms with E-state index in [-0.39, 0.29) is 11.8 Å². The van der Waals surface area contributed by atoms with Gasteiger partial charge in [-0.1, -0.05) is 38.1 Å². The van der Waals surface area contributed by atoms with Crippen LogP contribution in [0.4, 0.5) is 0 Å². The van der Waals surface area contributed by atoms with E-state index >= 15 is 0 Å². The molecule has 0 saturated heterocycles. The van der Waals surface area contributed by atoms with Crippen LogP contribution in [0, 0.1) is 5.92 Å². The number of guanidine groups is 1. The van der Waals surface area contributed by atoms with Crippen molar-refractivity contribution < 1.29 is 8.42 Å². The molecule has 0 saturated carbocycles. The number of nitrogens with zero attached hydrogens (tertiary/aromatic N) is 1. The summed E-state index contributed by atoms with van der Waals surface area (Å²) in [4.78, 5) is 4.29. The molecule has 0 aliphatic carbocycles. The number of benzene rings is 1. The molecule has 0 unspecified atom stereocenters. The van der Waals surface area contributed by atoms with Gasteiger partial charge in [-0.3, -0.25) is 0 Å². The van der Waals surface area contributed by atoms with E-state index < -0.39 is 10.0 Å². The number of nitrogens with two attached hydrogens (primary N) is 1. The molecule has 0 radical (unpaired) electrons. The van der Waals surface area contributed by atoms with Crippen LogP contribution in [0.2, 0.25) is 0 Å². The van der Waals surface area contributed by atoms with E-state index in [0.717, 1.165) is 17.7 Å². The van der Waals surface area contributed by atoms with Crippen molar-refractivity contribution in [3.8, 4) is 0 Å². The second kappa shape index (κ2) is 8.88. The standard InChI is InChI=1S/C16H28N4O2S/c1-12(2)9-18-16(17)19-10-14-7-5-6-8-15(14)11-23(21,22)20-13(3)4/h5-8,12-13,20H,9-11H2,1-4H3,(H3,17,18,19). The van der Waals surface area contributed by atoms with Crippen molar-refractivity contribution in [1.29, 1.82) is 0 Å². The van der Waals surface area contributed by atoms with Crippen LogP contribution in [-0.2, 0) is 22.3 Å². The highest BCUT2D eigenvalue weighted by molar-refractivity contribution is 7.88. The minimum absolute atomic E-state index is 0.0593.